The summed E-state index contributed by atoms with van der Waals surface area (Å²) in [5.41, 5.74) is 9.43. The maximum atomic E-state index is 2.49. The molecule has 1 nitrogen and oxygen atoms in total. The molecular formula is C39H27N. The van der Waals surface area contributed by atoms with E-state index in [2.05, 4.69) is 144 Å². The van der Waals surface area contributed by atoms with Gasteiger partial charge in [-0.1, -0.05) is 103 Å². The van der Waals surface area contributed by atoms with E-state index in [0.29, 0.717) is 0 Å². The largest absolute Gasteiger partial charge is 0.310 e. The monoisotopic (exact) mass is 509 g/mol. The molecule has 0 bridgehead atoms. The minimum atomic E-state index is 0.123. The van der Waals surface area contributed by atoms with Crippen molar-refractivity contribution in [2.75, 3.05) is 4.90 Å². The number of hydrogen-bond acceptors (Lipinski definition) is 1. The summed E-state index contributed by atoms with van der Waals surface area (Å²) in [5.74, 6) is 0. The quantitative estimate of drug-likeness (QED) is 0.229. The number of benzene rings is 7. The van der Waals surface area contributed by atoms with Crippen LogP contribution < -0.4 is 4.90 Å². The van der Waals surface area contributed by atoms with Crippen LogP contribution >= 0.6 is 0 Å². The van der Waals surface area contributed by atoms with Gasteiger partial charge in [0.05, 0.1) is 0 Å². The molecule has 0 radical (unpaired) electrons. The molecule has 0 N–H and O–H groups in total. The highest BCUT2D eigenvalue weighted by atomic mass is 15.1. The molecule has 0 atom stereocenters. The van der Waals surface area contributed by atoms with E-state index in [9.17, 15) is 0 Å². The van der Waals surface area contributed by atoms with Crippen LogP contribution in [-0.2, 0) is 5.41 Å². The van der Waals surface area contributed by atoms with Crippen molar-refractivity contribution in [1.82, 2.24) is 0 Å². The zero-order valence-corrected chi connectivity index (χ0v) is 22.1. The third-order valence-corrected chi connectivity index (χ3v) is 9.22. The summed E-state index contributed by atoms with van der Waals surface area (Å²) in [6.45, 7) is 0. The Morgan fingerprint density at radius 1 is 0.400 bits per heavy atom. The van der Waals surface area contributed by atoms with Crippen LogP contribution in [-0.4, -0.2) is 0 Å². The molecule has 7 aromatic carbocycles. The first-order valence-electron chi connectivity index (χ1n) is 14.2. The van der Waals surface area contributed by atoms with Crippen molar-refractivity contribution < 1.29 is 0 Å². The summed E-state index contributed by atoms with van der Waals surface area (Å²) in [5, 5.41) is 7.83. The second kappa shape index (κ2) is 8.07. The summed E-state index contributed by atoms with van der Waals surface area (Å²) < 4.78 is 0. The summed E-state index contributed by atoms with van der Waals surface area (Å²) in [6.07, 6.45) is 2.42. The molecule has 1 heteroatoms. The third kappa shape index (κ3) is 3.09. The predicted octanol–water partition coefficient (Wildman–Crippen LogP) is 10.7. The van der Waals surface area contributed by atoms with Gasteiger partial charge in [0.2, 0.25) is 0 Å². The van der Waals surface area contributed by atoms with Gasteiger partial charge in [-0.25, -0.2) is 0 Å². The van der Waals surface area contributed by atoms with E-state index in [1.807, 2.05) is 0 Å². The Morgan fingerprint density at radius 2 is 0.950 bits per heavy atom. The highest BCUT2D eigenvalue weighted by Crippen LogP contribution is 2.62. The number of hydrogen-bond donors (Lipinski definition) is 0. The predicted molar refractivity (Wildman–Crippen MR) is 169 cm³/mol. The Hall–Kier alpha value is -4.88. The molecule has 1 saturated carbocycles. The molecule has 40 heavy (non-hydrogen) atoms. The lowest BCUT2D eigenvalue weighted by molar-refractivity contribution is 0.853. The van der Waals surface area contributed by atoms with Crippen LogP contribution in [0.5, 0.6) is 0 Å². The molecule has 2 aliphatic carbocycles. The van der Waals surface area contributed by atoms with Crippen molar-refractivity contribution >= 4 is 49.4 Å². The maximum Gasteiger partial charge on any atom is 0.0468 e. The van der Waals surface area contributed by atoms with Gasteiger partial charge in [0.15, 0.2) is 0 Å². The Labute approximate surface area is 233 Å². The highest BCUT2D eigenvalue weighted by molar-refractivity contribution is 6.04. The molecule has 7 aromatic rings. The van der Waals surface area contributed by atoms with Crippen LogP contribution in [0.15, 0.2) is 140 Å². The minimum absolute atomic E-state index is 0.123. The molecule has 1 fully saturated rings. The average Bonchev–Trinajstić information content (AvgIpc) is 3.82. The van der Waals surface area contributed by atoms with Crippen LogP contribution in [0.4, 0.5) is 17.1 Å². The van der Waals surface area contributed by atoms with Crippen LogP contribution in [0.25, 0.3) is 43.4 Å². The normalized spacial score (nSPS) is 14.5. The summed E-state index contributed by atoms with van der Waals surface area (Å²) in [7, 11) is 0. The smallest absolute Gasteiger partial charge is 0.0468 e. The molecular weight excluding hydrogens is 482 g/mol. The number of nitrogens with zero attached hydrogens (tertiary/aromatic N) is 1. The van der Waals surface area contributed by atoms with Gasteiger partial charge in [0, 0.05) is 22.5 Å². The molecule has 0 amide bonds. The topological polar surface area (TPSA) is 3.24 Å². The Bertz CT molecular complexity index is 2050. The van der Waals surface area contributed by atoms with E-state index in [1.54, 1.807) is 0 Å². The van der Waals surface area contributed by atoms with Crippen molar-refractivity contribution in [3.05, 3.63) is 151 Å². The molecule has 1 spiro atoms. The van der Waals surface area contributed by atoms with Crippen LogP contribution in [0, 0.1) is 0 Å². The van der Waals surface area contributed by atoms with Crippen molar-refractivity contribution in [1.29, 1.82) is 0 Å². The number of fused-ring (bicyclic) bond motifs is 6. The van der Waals surface area contributed by atoms with Crippen LogP contribution in [0.1, 0.15) is 24.0 Å². The fourth-order valence-electron chi connectivity index (χ4n) is 7.15. The second-order valence-corrected chi connectivity index (χ2v) is 11.4. The van der Waals surface area contributed by atoms with Crippen molar-refractivity contribution in [3.8, 4) is 11.1 Å². The molecule has 0 heterocycles. The molecule has 0 aliphatic heterocycles. The van der Waals surface area contributed by atoms with Gasteiger partial charge in [-0.15, -0.1) is 0 Å². The average molecular weight is 510 g/mol. The van der Waals surface area contributed by atoms with Crippen molar-refractivity contribution in [2.24, 2.45) is 0 Å². The van der Waals surface area contributed by atoms with Crippen molar-refractivity contribution in [3.63, 3.8) is 0 Å². The minimum Gasteiger partial charge on any atom is -0.310 e. The lowest BCUT2D eigenvalue weighted by Gasteiger charge is -2.32. The lowest BCUT2D eigenvalue weighted by atomic mass is 9.74. The zero-order valence-electron chi connectivity index (χ0n) is 22.1. The van der Waals surface area contributed by atoms with E-state index in [1.165, 1.54) is 84.5 Å². The fourth-order valence-corrected chi connectivity index (χ4v) is 7.15. The molecule has 0 unspecified atom stereocenters. The molecule has 188 valence electrons. The van der Waals surface area contributed by atoms with E-state index in [0.717, 1.165) is 0 Å². The first-order valence-corrected chi connectivity index (χ1v) is 14.2. The SMILES string of the molecule is c1ccc2cc(N(c3ccc4c(c3)C3(CC3)c3cccc5cccc-4c35)c3ccc4ccccc4c3)ccc2c1. The van der Waals surface area contributed by atoms with E-state index in [4.69, 9.17) is 0 Å². The van der Waals surface area contributed by atoms with Gasteiger partial charge in [0.1, 0.15) is 0 Å². The zero-order chi connectivity index (χ0) is 26.3. The van der Waals surface area contributed by atoms with Crippen molar-refractivity contribution in [2.45, 2.75) is 18.3 Å². The van der Waals surface area contributed by atoms with E-state index >= 15 is 0 Å². The van der Waals surface area contributed by atoms with Gasteiger partial charge < -0.3 is 4.90 Å². The van der Waals surface area contributed by atoms with Gasteiger partial charge in [-0.3, -0.25) is 0 Å². The Kier molecular flexibility index (Phi) is 4.43. The van der Waals surface area contributed by atoms with Crippen LogP contribution in [0.3, 0.4) is 0 Å². The first-order chi connectivity index (χ1) is 19.8. The highest BCUT2D eigenvalue weighted by Gasteiger charge is 2.50. The summed E-state index contributed by atoms with van der Waals surface area (Å²) in [4.78, 5) is 2.44. The first kappa shape index (κ1) is 22.0. The van der Waals surface area contributed by atoms with Gasteiger partial charge in [0.25, 0.3) is 0 Å². The van der Waals surface area contributed by atoms with Crippen LogP contribution in [0.2, 0.25) is 0 Å². The van der Waals surface area contributed by atoms with Gasteiger partial charge in [-0.2, -0.15) is 0 Å². The third-order valence-electron chi connectivity index (χ3n) is 9.22. The second-order valence-electron chi connectivity index (χ2n) is 11.4. The number of anilines is 3. The van der Waals surface area contributed by atoms with Gasteiger partial charge >= 0.3 is 0 Å². The fraction of sp³-hybridized carbons (Fsp3) is 0.0769. The Balaban J connectivity index is 1.29. The summed E-state index contributed by atoms with van der Waals surface area (Å²) in [6, 6.07) is 51.8. The van der Waals surface area contributed by atoms with E-state index < -0.39 is 0 Å². The standard InChI is InChI=1S/C39H27N/c1-3-9-29-23-31(17-15-26(29)7-1)40(32-18-16-27-8-2-4-10-30(27)24-32)33-19-20-34-35-13-5-11-28-12-6-14-36(38(28)35)39(21-22-39)37(34)25-33/h1-20,23-25H,21-22H2. The van der Waals surface area contributed by atoms with Gasteiger partial charge in [-0.05, 0) is 104 Å². The molecule has 0 saturated heterocycles. The molecule has 9 rings (SSSR count). The molecule has 2 aliphatic rings. The maximum absolute atomic E-state index is 2.49. The van der Waals surface area contributed by atoms with E-state index in [-0.39, 0.29) is 5.41 Å². The Morgan fingerprint density at radius 3 is 1.60 bits per heavy atom. The summed E-state index contributed by atoms with van der Waals surface area (Å²) >= 11 is 0. The number of rotatable bonds is 3. The lowest BCUT2D eigenvalue weighted by Crippen LogP contribution is -2.17. The molecule has 0 aromatic heterocycles.